The number of nitrogens with zero attached hydrogens (tertiary/aromatic N) is 1. The second-order valence-corrected chi connectivity index (χ2v) is 5.83. The van der Waals surface area contributed by atoms with Crippen LogP contribution in [-0.2, 0) is 0 Å². The Morgan fingerprint density at radius 2 is 1.85 bits per heavy atom. The summed E-state index contributed by atoms with van der Waals surface area (Å²) in [5.41, 5.74) is 2.04. The molecule has 3 aromatic rings. The van der Waals surface area contributed by atoms with E-state index in [9.17, 15) is 4.79 Å². The minimum Gasteiger partial charge on any atom is -0.492 e. The lowest BCUT2D eigenvalue weighted by Crippen LogP contribution is -2.13. The fraction of sp³-hybridized carbons (Fsp3) is 0.100. The summed E-state index contributed by atoms with van der Waals surface area (Å²) in [5, 5.41) is 6.39. The number of halogens is 1. The number of amides is 1. The van der Waals surface area contributed by atoms with Crippen molar-refractivity contribution >= 4 is 34.7 Å². The van der Waals surface area contributed by atoms with Crippen LogP contribution in [0.4, 0.5) is 17.2 Å². The van der Waals surface area contributed by atoms with Gasteiger partial charge in [0.1, 0.15) is 11.6 Å². The minimum absolute atomic E-state index is 0.300. The third-order valence-corrected chi connectivity index (χ3v) is 3.92. The summed E-state index contributed by atoms with van der Waals surface area (Å²) in [6.07, 6.45) is 1.64. The fourth-order valence-electron chi connectivity index (χ4n) is 2.38. The van der Waals surface area contributed by atoms with Gasteiger partial charge in [-0.15, -0.1) is 0 Å². The first kappa shape index (κ1) is 17.8. The summed E-state index contributed by atoms with van der Waals surface area (Å²) >= 11 is 6.04. The summed E-state index contributed by atoms with van der Waals surface area (Å²) in [4.78, 5) is 16.5. The third kappa shape index (κ3) is 4.32. The Kier molecular flexibility index (Phi) is 5.71. The molecule has 0 spiro atoms. The predicted octanol–water partition coefficient (Wildman–Crippen LogP) is 5.13. The maximum absolute atomic E-state index is 12.3. The van der Waals surface area contributed by atoms with E-state index in [-0.39, 0.29) is 5.91 Å². The van der Waals surface area contributed by atoms with Crippen LogP contribution in [0.3, 0.4) is 0 Å². The lowest BCUT2D eigenvalue weighted by atomic mass is 10.2. The highest BCUT2D eigenvalue weighted by molar-refractivity contribution is 6.34. The van der Waals surface area contributed by atoms with Gasteiger partial charge < -0.3 is 15.4 Å². The molecule has 0 saturated carbocycles. The van der Waals surface area contributed by atoms with Crippen molar-refractivity contribution in [1.29, 1.82) is 0 Å². The van der Waals surface area contributed by atoms with E-state index in [1.54, 1.807) is 36.5 Å². The number of rotatable bonds is 6. The Balaban J connectivity index is 1.69. The maximum atomic E-state index is 12.3. The van der Waals surface area contributed by atoms with Crippen molar-refractivity contribution in [2.75, 3.05) is 17.2 Å². The second kappa shape index (κ2) is 8.36. The van der Waals surface area contributed by atoms with E-state index in [4.69, 9.17) is 16.3 Å². The van der Waals surface area contributed by atoms with Crippen LogP contribution in [0.1, 0.15) is 17.3 Å². The number of hydrogen-bond acceptors (Lipinski definition) is 4. The first-order valence-corrected chi connectivity index (χ1v) is 8.56. The molecule has 132 valence electrons. The van der Waals surface area contributed by atoms with Crippen molar-refractivity contribution in [3.63, 3.8) is 0 Å². The molecule has 0 fully saturated rings. The molecule has 0 radical (unpaired) electrons. The zero-order valence-corrected chi connectivity index (χ0v) is 15.0. The number of ether oxygens (including phenoxy) is 1. The van der Waals surface area contributed by atoms with Crippen LogP contribution in [0.15, 0.2) is 66.9 Å². The summed E-state index contributed by atoms with van der Waals surface area (Å²) in [7, 11) is 0. The van der Waals surface area contributed by atoms with Gasteiger partial charge in [0.05, 0.1) is 34.8 Å². The molecule has 1 aromatic heterocycles. The number of anilines is 3. The van der Waals surface area contributed by atoms with Crippen molar-refractivity contribution in [1.82, 2.24) is 4.98 Å². The number of benzene rings is 2. The summed E-state index contributed by atoms with van der Waals surface area (Å²) in [6, 6.07) is 18.1. The third-order valence-electron chi connectivity index (χ3n) is 3.59. The lowest BCUT2D eigenvalue weighted by molar-refractivity contribution is 0.102. The molecule has 0 aliphatic rings. The molecule has 1 amide bonds. The first-order valence-electron chi connectivity index (χ1n) is 8.18. The molecule has 0 bridgehead atoms. The van der Waals surface area contributed by atoms with Gasteiger partial charge in [-0.05, 0) is 43.3 Å². The molecule has 6 heteroatoms. The van der Waals surface area contributed by atoms with E-state index < -0.39 is 0 Å². The number of pyridine rings is 1. The van der Waals surface area contributed by atoms with Gasteiger partial charge in [-0.1, -0.05) is 35.9 Å². The molecule has 0 atom stereocenters. The van der Waals surface area contributed by atoms with E-state index in [0.717, 1.165) is 17.1 Å². The van der Waals surface area contributed by atoms with Crippen LogP contribution >= 0.6 is 11.6 Å². The lowest BCUT2D eigenvalue weighted by Gasteiger charge is -2.12. The van der Waals surface area contributed by atoms with Gasteiger partial charge >= 0.3 is 0 Å². The number of nitrogens with one attached hydrogen (secondary N) is 2. The van der Waals surface area contributed by atoms with Gasteiger partial charge in [-0.2, -0.15) is 0 Å². The molecule has 0 aliphatic carbocycles. The Bertz CT molecular complexity index is 898. The molecule has 1 heterocycles. The van der Waals surface area contributed by atoms with Gasteiger partial charge in [0, 0.05) is 0 Å². The molecule has 5 nitrogen and oxygen atoms in total. The quantitative estimate of drug-likeness (QED) is 0.634. The Morgan fingerprint density at radius 3 is 2.58 bits per heavy atom. The maximum Gasteiger partial charge on any atom is 0.258 e. The molecule has 0 aliphatic heterocycles. The minimum atomic E-state index is -0.300. The highest BCUT2D eigenvalue weighted by Gasteiger charge is 2.10. The van der Waals surface area contributed by atoms with Gasteiger partial charge in [0.15, 0.2) is 0 Å². The van der Waals surface area contributed by atoms with E-state index >= 15 is 0 Å². The highest BCUT2D eigenvalue weighted by atomic mass is 35.5. The molecule has 0 saturated heterocycles. The van der Waals surface area contributed by atoms with Crippen LogP contribution < -0.4 is 15.4 Å². The number of carbonyl (C=O) groups excluding carboxylic acids is 1. The number of carbonyl (C=O) groups is 1. The second-order valence-electron chi connectivity index (χ2n) is 5.42. The van der Waals surface area contributed by atoms with E-state index in [1.807, 2.05) is 37.3 Å². The van der Waals surface area contributed by atoms with Gasteiger partial charge in [0.25, 0.3) is 5.91 Å². The molecular formula is C20H18ClN3O2. The molecule has 26 heavy (non-hydrogen) atoms. The average Bonchev–Trinajstić information content (AvgIpc) is 2.65. The van der Waals surface area contributed by atoms with Crippen LogP contribution in [0, 0.1) is 0 Å². The van der Waals surface area contributed by atoms with Crippen molar-refractivity contribution in [3.8, 4) is 5.75 Å². The summed E-state index contributed by atoms with van der Waals surface area (Å²) in [5.74, 6) is 0.912. The number of aromatic nitrogens is 1. The number of para-hydroxylation sites is 2. The normalized spacial score (nSPS) is 10.2. The summed E-state index contributed by atoms with van der Waals surface area (Å²) < 4.78 is 5.59. The van der Waals surface area contributed by atoms with Crippen LogP contribution in [0.25, 0.3) is 0 Å². The van der Waals surface area contributed by atoms with Gasteiger partial charge in [-0.3, -0.25) is 4.79 Å². The molecule has 3 rings (SSSR count). The van der Waals surface area contributed by atoms with Crippen molar-refractivity contribution in [3.05, 3.63) is 77.4 Å². The van der Waals surface area contributed by atoms with E-state index in [0.29, 0.717) is 23.0 Å². The van der Waals surface area contributed by atoms with E-state index in [1.165, 1.54) is 0 Å². The largest absolute Gasteiger partial charge is 0.492 e. The SMILES string of the molecule is CCOc1ccccc1Nc1ccc(NC(=O)c2ccccc2Cl)nc1. The smallest absolute Gasteiger partial charge is 0.258 e. The highest BCUT2D eigenvalue weighted by Crippen LogP contribution is 2.27. The van der Waals surface area contributed by atoms with Gasteiger partial charge in [-0.25, -0.2) is 4.98 Å². The Morgan fingerprint density at radius 1 is 1.08 bits per heavy atom. The molecule has 2 aromatic carbocycles. The monoisotopic (exact) mass is 367 g/mol. The van der Waals surface area contributed by atoms with Crippen molar-refractivity contribution < 1.29 is 9.53 Å². The molecule has 0 unspecified atom stereocenters. The van der Waals surface area contributed by atoms with Crippen LogP contribution in [0.5, 0.6) is 5.75 Å². The van der Waals surface area contributed by atoms with Crippen molar-refractivity contribution in [2.45, 2.75) is 6.92 Å². The Labute approximate surface area is 157 Å². The van der Waals surface area contributed by atoms with Gasteiger partial charge in [0.2, 0.25) is 0 Å². The molecular weight excluding hydrogens is 350 g/mol. The fourth-order valence-corrected chi connectivity index (χ4v) is 2.60. The topological polar surface area (TPSA) is 63.2 Å². The van der Waals surface area contributed by atoms with E-state index in [2.05, 4.69) is 15.6 Å². The molecule has 2 N–H and O–H groups in total. The Hall–Kier alpha value is -3.05. The zero-order valence-electron chi connectivity index (χ0n) is 14.2. The number of hydrogen-bond donors (Lipinski definition) is 2. The zero-order chi connectivity index (χ0) is 18.4. The summed E-state index contributed by atoms with van der Waals surface area (Å²) in [6.45, 7) is 2.53. The predicted molar refractivity (Wildman–Crippen MR) is 105 cm³/mol. The van der Waals surface area contributed by atoms with Crippen LogP contribution in [-0.4, -0.2) is 17.5 Å². The van der Waals surface area contributed by atoms with Crippen molar-refractivity contribution in [2.24, 2.45) is 0 Å². The average molecular weight is 368 g/mol. The first-order chi connectivity index (χ1) is 12.7. The van der Waals surface area contributed by atoms with Crippen LogP contribution in [0.2, 0.25) is 5.02 Å². The standard InChI is InChI=1S/C20H18ClN3O2/c1-2-26-18-10-6-5-9-17(18)23-14-11-12-19(22-13-14)24-20(25)15-7-3-4-8-16(15)21/h3-13,23H,2H2,1H3,(H,22,24,25).